The van der Waals surface area contributed by atoms with Crippen molar-refractivity contribution in [1.82, 2.24) is 4.90 Å². The van der Waals surface area contributed by atoms with E-state index < -0.39 is 0 Å². The zero-order chi connectivity index (χ0) is 13.0. The van der Waals surface area contributed by atoms with Gasteiger partial charge < -0.3 is 10.5 Å². The average Bonchev–Trinajstić information content (AvgIpc) is 2.33. The summed E-state index contributed by atoms with van der Waals surface area (Å²) in [6.45, 7) is 5.04. The maximum absolute atomic E-state index is 13.7. The van der Waals surface area contributed by atoms with Gasteiger partial charge in [0.1, 0.15) is 0 Å². The average molecular weight is 252 g/mol. The molecule has 1 atom stereocenters. The fourth-order valence-electron chi connectivity index (χ4n) is 2.41. The highest BCUT2D eigenvalue weighted by Gasteiger charge is 2.17. The van der Waals surface area contributed by atoms with Crippen molar-refractivity contribution in [3.8, 4) is 5.75 Å². The molecule has 1 heterocycles. The van der Waals surface area contributed by atoms with E-state index in [0.717, 1.165) is 38.0 Å². The quantitative estimate of drug-likeness (QED) is 0.892. The van der Waals surface area contributed by atoms with E-state index in [1.165, 1.54) is 0 Å². The lowest BCUT2D eigenvalue weighted by Crippen LogP contribution is -2.42. The highest BCUT2D eigenvalue weighted by atomic mass is 19.1. The molecule has 1 aromatic rings. The minimum Gasteiger partial charge on any atom is -0.491 e. The molecule has 2 N–H and O–H groups in total. The molecule has 100 valence electrons. The molecule has 1 fully saturated rings. The minimum atomic E-state index is -0.282. The van der Waals surface area contributed by atoms with E-state index in [1.807, 2.05) is 13.0 Å². The van der Waals surface area contributed by atoms with Crippen molar-refractivity contribution >= 4 is 0 Å². The van der Waals surface area contributed by atoms with Gasteiger partial charge in [-0.05, 0) is 44.0 Å². The van der Waals surface area contributed by atoms with Gasteiger partial charge in [0.25, 0.3) is 0 Å². The van der Waals surface area contributed by atoms with Crippen LogP contribution in [-0.2, 0) is 6.54 Å². The van der Waals surface area contributed by atoms with Crippen LogP contribution >= 0.6 is 0 Å². The molecule has 0 aliphatic carbocycles. The maximum atomic E-state index is 13.7. The molecule has 0 spiro atoms. The van der Waals surface area contributed by atoms with E-state index >= 15 is 0 Å². The van der Waals surface area contributed by atoms with Gasteiger partial charge >= 0.3 is 0 Å². The number of piperidine rings is 1. The van der Waals surface area contributed by atoms with Crippen LogP contribution in [0.15, 0.2) is 18.2 Å². The first kappa shape index (κ1) is 13.3. The summed E-state index contributed by atoms with van der Waals surface area (Å²) in [5.74, 6) is 0.0484. The van der Waals surface area contributed by atoms with Crippen molar-refractivity contribution in [2.24, 2.45) is 5.73 Å². The van der Waals surface area contributed by atoms with Crippen LogP contribution in [0.3, 0.4) is 0 Å². The Labute approximate surface area is 108 Å². The highest BCUT2D eigenvalue weighted by molar-refractivity contribution is 5.29. The van der Waals surface area contributed by atoms with Gasteiger partial charge in [0.15, 0.2) is 11.6 Å². The number of likely N-dealkylation sites (tertiary alicyclic amines) is 1. The third kappa shape index (κ3) is 3.43. The van der Waals surface area contributed by atoms with Crippen molar-refractivity contribution in [1.29, 1.82) is 0 Å². The Kier molecular flexibility index (Phi) is 4.55. The summed E-state index contributed by atoms with van der Waals surface area (Å²) in [4.78, 5) is 2.28. The number of ether oxygens (including phenoxy) is 1. The predicted octanol–water partition coefficient (Wildman–Crippen LogP) is 2.15. The van der Waals surface area contributed by atoms with E-state index in [9.17, 15) is 4.39 Å². The summed E-state index contributed by atoms with van der Waals surface area (Å²) in [5.41, 5.74) is 6.91. The third-order valence-corrected chi connectivity index (χ3v) is 3.24. The molecule has 0 aromatic heterocycles. The Morgan fingerprint density at radius 3 is 3.00 bits per heavy atom. The molecular weight excluding hydrogens is 231 g/mol. The second kappa shape index (κ2) is 6.16. The van der Waals surface area contributed by atoms with E-state index in [4.69, 9.17) is 10.5 Å². The van der Waals surface area contributed by atoms with Gasteiger partial charge in [-0.25, -0.2) is 4.39 Å². The molecule has 18 heavy (non-hydrogen) atoms. The lowest BCUT2D eigenvalue weighted by molar-refractivity contribution is 0.201. The molecular formula is C14H21FN2O. The van der Waals surface area contributed by atoms with E-state index in [2.05, 4.69) is 4.90 Å². The maximum Gasteiger partial charge on any atom is 0.165 e. The highest BCUT2D eigenvalue weighted by Crippen LogP contribution is 2.20. The number of hydrogen-bond acceptors (Lipinski definition) is 3. The molecule has 0 unspecified atom stereocenters. The van der Waals surface area contributed by atoms with Crippen molar-refractivity contribution < 1.29 is 9.13 Å². The van der Waals surface area contributed by atoms with E-state index in [-0.39, 0.29) is 11.9 Å². The molecule has 0 amide bonds. The zero-order valence-corrected chi connectivity index (χ0v) is 10.9. The fourth-order valence-corrected chi connectivity index (χ4v) is 2.41. The van der Waals surface area contributed by atoms with E-state index in [0.29, 0.717) is 12.4 Å². The van der Waals surface area contributed by atoms with Crippen molar-refractivity contribution in [3.63, 3.8) is 0 Å². The number of hydrogen-bond donors (Lipinski definition) is 1. The number of benzene rings is 1. The first-order valence-corrected chi connectivity index (χ1v) is 6.58. The molecule has 3 nitrogen and oxygen atoms in total. The molecule has 1 aliphatic rings. The van der Waals surface area contributed by atoms with Crippen LogP contribution in [0.5, 0.6) is 5.75 Å². The Morgan fingerprint density at radius 1 is 1.50 bits per heavy atom. The molecule has 1 aromatic carbocycles. The predicted molar refractivity (Wildman–Crippen MR) is 70.1 cm³/mol. The lowest BCUT2D eigenvalue weighted by Gasteiger charge is -2.30. The van der Waals surface area contributed by atoms with Gasteiger partial charge in [0.2, 0.25) is 0 Å². The van der Waals surface area contributed by atoms with Crippen LogP contribution in [0.1, 0.15) is 25.3 Å². The summed E-state index contributed by atoms with van der Waals surface area (Å²) in [6, 6.07) is 5.45. The van der Waals surface area contributed by atoms with Gasteiger partial charge in [0, 0.05) is 19.1 Å². The largest absolute Gasteiger partial charge is 0.491 e. The zero-order valence-electron chi connectivity index (χ0n) is 10.9. The second-order valence-electron chi connectivity index (χ2n) is 4.84. The Morgan fingerprint density at radius 2 is 2.33 bits per heavy atom. The Hall–Kier alpha value is -1.13. The SMILES string of the molecule is CCOc1ccc(CN2CCC[C@@H](N)C2)cc1F. The number of rotatable bonds is 4. The first-order chi connectivity index (χ1) is 8.69. The summed E-state index contributed by atoms with van der Waals surface area (Å²) < 4.78 is 18.9. The molecule has 0 radical (unpaired) electrons. The molecule has 2 rings (SSSR count). The number of halogens is 1. The Bertz CT molecular complexity index is 397. The standard InChI is InChI=1S/C14H21FN2O/c1-2-18-14-6-5-11(8-13(14)15)9-17-7-3-4-12(16)10-17/h5-6,8,12H,2-4,7,9-10,16H2,1H3/t12-/m1/s1. The minimum absolute atomic E-state index is 0.256. The van der Waals surface area contributed by atoms with Crippen LogP contribution in [0.25, 0.3) is 0 Å². The van der Waals surface area contributed by atoms with Gasteiger partial charge in [-0.3, -0.25) is 4.90 Å². The first-order valence-electron chi connectivity index (χ1n) is 6.58. The molecule has 1 aliphatic heterocycles. The smallest absolute Gasteiger partial charge is 0.165 e. The summed E-state index contributed by atoms with van der Waals surface area (Å²) in [7, 11) is 0. The van der Waals surface area contributed by atoms with Gasteiger partial charge in [-0.2, -0.15) is 0 Å². The summed E-state index contributed by atoms with van der Waals surface area (Å²) in [5, 5.41) is 0. The molecule has 0 bridgehead atoms. The second-order valence-corrected chi connectivity index (χ2v) is 4.84. The van der Waals surface area contributed by atoms with Crippen LogP contribution in [0, 0.1) is 5.82 Å². The molecule has 0 saturated carbocycles. The monoisotopic (exact) mass is 252 g/mol. The van der Waals surface area contributed by atoms with Crippen LogP contribution in [-0.4, -0.2) is 30.6 Å². The number of nitrogens with zero attached hydrogens (tertiary/aromatic N) is 1. The summed E-state index contributed by atoms with van der Waals surface area (Å²) >= 11 is 0. The van der Waals surface area contributed by atoms with E-state index in [1.54, 1.807) is 12.1 Å². The van der Waals surface area contributed by atoms with Crippen molar-refractivity contribution in [3.05, 3.63) is 29.6 Å². The van der Waals surface area contributed by atoms with Crippen LogP contribution in [0.4, 0.5) is 4.39 Å². The van der Waals surface area contributed by atoms with Crippen LogP contribution < -0.4 is 10.5 Å². The lowest BCUT2D eigenvalue weighted by atomic mass is 10.1. The van der Waals surface area contributed by atoms with Crippen molar-refractivity contribution in [2.75, 3.05) is 19.7 Å². The third-order valence-electron chi connectivity index (χ3n) is 3.24. The topological polar surface area (TPSA) is 38.5 Å². The molecule has 1 saturated heterocycles. The van der Waals surface area contributed by atoms with Crippen LogP contribution in [0.2, 0.25) is 0 Å². The molecule has 4 heteroatoms. The van der Waals surface area contributed by atoms with Gasteiger partial charge in [-0.15, -0.1) is 0 Å². The van der Waals surface area contributed by atoms with Gasteiger partial charge in [0.05, 0.1) is 6.61 Å². The van der Waals surface area contributed by atoms with Gasteiger partial charge in [-0.1, -0.05) is 6.07 Å². The fraction of sp³-hybridized carbons (Fsp3) is 0.571. The Balaban J connectivity index is 1.99. The normalized spacial score (nSPS) is 20.9. The summed E-state index contributed by atoms with van der Waals surface area (Å²) in [6.07, 6.45) is 2.22. The number of nitrogens with two attached hydrogens (primary N) is 1. The van der Waals surface area contributed by atoms with Crippen molar-refractivity contribution in [2.45, 2.75) is 32.4 Å².